The molecule has 11 heteroatoms. The number of nitrogens with one attached hydrogen (secondary N) is 1. The number of hydrogen-bond donors (Lipinski definition) is 1. The Balaban J connectivity index is 1.51. The van der Waals surface area contributed by atoms with Crippen molar-refractivity contribution in [1.82, 2.24) is 19.9 Å². The summed E-state index contributed by atoms with van der Waals surface area (Å²) >= 11 is 0. The predicted molar refractivity (Wildman–Crippen MR) is 128 cm³/mol. The Hall–Kier alpha value is -3.76. The average Bonchev–Trinajstić information content (AvgIpc) is 3.79. The zero-order valence-corrected chi connectivity index (χ0v) is 20.0. The third-order valence-electron chi connectivity index (χ3n) is 7.67. The van der Waals surface area contributed by atoms with Crippen molar-refractivity contribution < 1.29 is 22.8 Å². The minimum absolute atomic E-state index is 0.00631. The topological polar surface area (TPSA) is 97.2 Å². The van der Waals surface area contributed by atoms with Crippen molar-refractivity contribution in [3.8, 4) is 5.82 Å². The standard InChI is InChI=1S/C26H24F3N5O3/c1-13-9-26(6-7-26)25(37)34(13)20-5-4-16-21(35)17(24(36)31-19(10-27)14-2-3-14)12-33(22(16)32-20)23-18(29)8-15(28)11-30-23/h4-5,8,11-14,19H,2-3,6-7,9-10H2,1H3,(H,31,36)/t13?,19-/m1/s1. The molecule has 3 fully saturated rings. The van der Waals surface area contributed by atoms with Gasteiger partial charge in [0.15, 0.2) is 17.3 Å². The fourth-order valence-corrected chi connectivity index (χ4v) is 5.36. The number of aromatic nitrogens is 3. The molecule has 1 saturated heterocycles. The molecule has 192 valence electrons. The quantitative estimate of drug-likeness (QED) is 0.547. The fourth-order valence-electron chi connectivity index (χ4n) is 5.36. The lowest BCUT2D eigenvalue weighted by molar-refractivity contribution is -0.121. The van der Waals surface area contributed by atoms with E-state index in [1.807, 2.05) is 6.92 Å². The van der Waals surface area contributed by atoms with Crippen LogP contribution in [0.1, 0.15) is 49.4 Å². The van der Waals surface area contributed by atoms with Gasteiger partial charge in [0.1, 0.15) is 23.9 Å². The van der Waals surface area contributed by atoms with Gasteiger partial charge in [-0.2, -0.15) is 0 Å². The van der Waals surface area contributed by atoms with Crippen molar-refractivity contribution >= 4 is 28.7 Å². The van der Waals surface area contributed by atoms with Crippen LogP contribution in [-0.4, -0.2) is 45.1 Å². The molecule has 0 bridgehead atoms. The van der Waals surface area contributed by atoms with Crippen molar-refractivity contribution in [2.75, 3.05) is 11.6 Å². The number of carbonyl (C=O) groups is 2. The maximum atomic E-state index is 14.9. The molecule has 1 N–H and O–H groups in total. The average molecular weight is 512 g/mol. The number of carbonyl (C=O) groups excluding carboxylic acids is 2. The third kappa shape index (κ3) is 3.87. The van der Waals surface area contributed by atoms with Gasteiger partial charge < -0.3 is 5.32 Å². The lowest BCUT2D eigenvalue weighted by Gasteiger charge is -2.22. The number of fused-ring (bicyclic) bond motifs is 1. The number of nitrogens with zero attached hydrogens (tertiary/aromatic N) is 4. The van der Waals surface area contributed by atoms with Crippen molar-refractivity contribution in [3.05, 3.63) is 58.0 Å². The Kier molecular flexibility index (Phi) is 5.36. The largest absolute Gasteiger partial charge is 0.346 e. The summed E-state index contributed by atoms with van der Waals surface area (Å²) in [6.45, 7) is 1.14. The molecule has 0 aromatic carbocycles. The van der Waals surface area contributed by atoms with E-state index in [1.165, 1.54) is 12.1 Å². The molecule has 3 aliphatic rings. The first-order chi connectivity index (χ1) is 17.7. The third-order valence-corrected chi connectivity index (χ3v) is 7.67. The highest BCUT2D eigenvalue weighted by atomic mass is 19.1. The number of anilines is 1. The Morgan fingerprint density at radius 1 is 1.24 bits per heavy atom. The molecule has 1 aliphatic heterocycles. The van der Waals surface area contributed by atoms with Crippen LogP contribution in [-0.2, 0) is 4.79 Å². The lowest BCUT2D eigenvalue weighted by atomic mass is 10.0. The van der Waals surface area contributed by atoms with Crippen molar-refractivity contribution in [3.63, 3.8) is 0 Å². The summed E-state index contributed by atoms with van der Waals surface area (Å²) in [6, 6.07) is 2.74. The van der Waals surface area contributed by atoms with E-state index in [-0.39, 0.29) is 51.5 Å². The van der Waals surface area contributed by atoms with Gasteiger partial charge in [-0.05, 0) is 57.1 Å². The van der Waals surface area contributed by atoms with E-state index in [0.29, 0.717) is 12.5 Å². The van der Waals surface area contributed by atoms with Gasteiger partial charge in [-0.1, -0.05) is 0 Å². The minimum Gasteiger partial charge on any atom is -0.346 e. The summed E-state index contributed by atoms with van der Waals surface area (Å²) < 4.78 is 43.1. The Morgan fingerprint density at radius 3 is 2.62 bits per heavy atom. The molecule has 2 atom stereocenters. The molecule has 37 heavy (non-hydrogen) atoms. The number of amides is 2. The van der Waals surface area contributed by atoms with Gasteiger partial charge >= 0.3 is 0 Å². The van der Waals surface area contributed by atoms with Crippen LogP contribution < -0.4 is 15.6 Å². The molecule has 1 spiro atoms. The summed E-state index contributed by atoms with van der Waals surface area (Å²) in [6.07, 6.45) is 5.78. The summed E-state index contributed by atoms with van der Waals surface area (Å²) in [7, 11) is 0. The summed E-state index contributed by atoms with van der Waals surface area (Å²) in [4.78, 5) is 49.5. The second-order valence-electron chi connectivity index (χ2n) is 10.3. The van der Waals surface area contributed by atoms with Gasteiger partial charge in [-0.15, -0.1) is 0 Å². The molecule has 4 heterocycles. The van der Waals surface area contributed by atoms with Crippen LogP contribution >= 0.6 is 0 Å². The molecule has 3 aromatic rings. The lowest BCUT2D eigenvalue weighted by Crippen LogP contribution is -2.40. The normalized spacial score (nSPS) is 21.0. The smallest absolute Gasteiger partial charge is 0.257 e. The van der Waals surface area contributed by atoms with Crippen molar-refractivity contribution in [2.24, 2.45) is 11.3 Å². The second kappa shape index (κ2) is 8.39. The van der Waals surface area contributed by atoms with Crippen molar-refractivity contribution in [1.29, 1.82) is 0 Å². The van der Waals surface area contributed by atoms with Gasteiger partial charge in [-0.25, -0.2) is 23.1 Å². The first-order valence-electron chi connectivity index (χ1n) is 12.3. The van der Waals surface area contributed by atoms with Gasteiger partial charge in [0.25, 0.3) is 5.91 Å². The number of pyridine rings is 3. The summed E-state index contributed by atoms with van der Waals surface area (Å²) in [5.74, 6) is -2.88. The molecule has 2 saturated carbocycles. The van der Waals surface area contributed by atoms with Crippen LogP contribution in [0, 0.1) is 23.0 Å². The Morgan fingerprint density at radius 2 is 2.00 bits per heavy atom. The van der Waals surface area contributed by atoms with Gasteiger partial charge in [0.2, 0.25) is 11.3 Å². The highest BCUT2D eigenvalue weighted by Crippen LogP contribution is 2.56. The van der Waals surface area contributed by atoms with Crippen LogP contribution in [0.3, 0.4) is 0 Å². The van der Waals surface area contributed by atoms with Gasteiger partial charge in [0, 0.05) is 18.3 Å². The molecule has 8 nitrogen and oxygen atoms in total. The van der Waals surface area contributed by atoms with E-state index in [9.17, 15) is 27.6 Å². The Labute approximate surface area is 209 Å². The molecule has 3 aromatic heterocycles. The van der Waals surface area contributed by atoms with Gasteiger partial charge in [0.05, 0.1) is 23.0 Å². The van der Waals surface area contributed by atoms with E-state index < -0.39 is 35.7 Å². The molecular weight excluding hydrogens is 487 g/mol. The zero-order valence-electron chi connectivity index (χ0n) is 20.0. The number of rotatable bonds is 6. The van der Waals surface area contributed by atoms with Crippen LogP contribution in [0.25, 0.3) is 16.9 Å². The monoisotopic (exact) mass is 511 g/mol. The van der Waals surface area contributed by atoms with Crippen LogP contribution in [0.15, 0.2) is 35.4 Å². The van der Waals surface area contributed by atoms with E-state index in [4.69, 9.17) is 0 Å². The Bertz CT molecular complexity index is 1520. The van der Waals surface area contributed by atoms with E-state index >= 15 is 0 Å². The minimum atomic E-state index is -1.04. The van der Waals surface area contributed by atoms with E-state index in [2.05, 4.69) is 15.3 Å². The van der Waals surface area contributed by atoms with Crippen LogP contribution in [0.2, 0.25) is 0 Å². The molecule has 2 amide bonds. The van der Waals surface area contributed by atoms with Gasteiger partial charge in [-0.3, -0.25) is 23.9 Å². The first kappa shape index (κ1) is 23.6. The molecule has 6 rings (SSSR count). The summed E-state index contributed by atoms with van der Waals surface area (Å²) in [5, 5.41) is 2.54. The highest BCUT2D eigenvalue weighted by molar-refractivity contribution is 6.02. The van der Waals surface area contributed by atoms with E-state index in [1.54, 1.807) is 4.90 Å². The summed E-state index contributed by atoms with van der Waals surface area (Å²) in [5.41, 5.74) is -1.44. The zero-order chi connectivity index (χ0) is 26.1. The first-order valence-corrected chi connectivity index (χ1v) is 12.3. The number of halogens is 3. The highest BCUT2D eigenvalue weighted by Gasteiger charge is 2.58. The maximum Gasteiger partial charge on any atom is 0.257 e. The fraction of sp³-hybridized carbons (Fsp3) is 0.423. The van der Waals surface area contributed by atoms with Crippen molar-refractivity contribution in [2.45, 2.75) is 51.1 Å². The predicted octanol–water partition coefficient (Wildman–Crippen LogP) is 3.44. The van der Waals surface area contributed by atoms with E-state index in [0.717, 1.165) is 42.6 Å². The molecule has 1 unspecified atom stereocenters. The SMILES string of the molecule is CC1CC2(CC2)C(=O)N1c1ccc2c(=O)c(C(=O)N[C@H](CF)C3CC3)cn(-c3ncc(F)cc3F)c2n1. The molecule has 2 aliphatic carbocycles. The number of hydrogen-bond acceptors (Lipinski definition) is 5. The molecular formula is C26H24F3N5O3. The molecule has 0 radical (unpaired) electrons. The van der Waals surface area contributed by atoms with Crippen LogP contribution in [0.5, 0.6) is 0 Å². The number of alkyl halides is 1. The maximum absolute atomic E-state index is 14.9. The second-order valence-corrected chi connectivity index (χ2v) is 10.3. The van der Waals surface area contributed by atoms with Crippen LogP contribution in [0.4, 0.5) is 19.0 Å².